The van der Waals surface area contributed by atoms with Crippen LogP contribution in [0.2, 0.25) is 0 Å². The maximum atomic E-state index is 12.6. The van der Waals surface area contributed by atoms with Crippen LogP contribution >= 0.6 is 0 Å². The molecule has 0 saturated heterocycles. The van der Waals surface area contributed by atoms with Crippen molar-refractivity contribution in [2.75, 3.05) is 13.7 Å². The van der Waals surface area contributed by atoms with Crippen molar-refractivity contribution < 1.29 is 32.6 Å². The summed E-state index contributed by atoms with van der Waals surface area (Å²) in [6.45, 7) is 0.872. The summed E-state index contributed by atoms with van der Waals surface area (Å²) in [5, 5.41) is 11.2. The van der Waals surface area contributed by atoms with E-state index in [1.807, 2.05) is 0 Å². The van der Waals surface area contributed by atoms with Gasteiger partial charge in [-0.3, -0.25) is 4.79 Å². The summed E-state index contributed by atoms with van der Waals surface area (Å²) in [4.78, 5) is 23.1. The number of carbonyl (C=O) groups is 2. The van der Waals surface area contributed by atoms with Crippen LogP contribution in [0.4, 0.5) is 13.2 Å². The molecule has 0 fully saturated rings. The second kappa shape index (κ2) is 6.13. The summed E-state index contributed by atoms with van der Waals surface area (Å²) >= 11 is 0. The van der Waals surface area contributed by atoms with E-state index in [2.05, 4.69) is 5.32 Å². The van der Waals surface area contributed by atoms with E-state index in [4.69, 9.17) is 9.84 Å². The number of amides is 1. The number of carbonyl (C=O) groups excluding carboxylic acids is 1. The first-order valence-electron chi connectivity index (χ1n) is 5.82. The molecule has 0 aromatic heterocycles. The first-order valence-corrected chi connectivity index (χ1v) is 5.82. The summed E-state index contributed by atoms with van der Waals surface area (Å²) in [7, 11) is 1.25. The zero-order valence-electron chi connectivity index (χ0n) is 11.3. The highest BCUT2D eigenvalue weighted by molar-refractivity contribution is 5.97. The summed E-state index contributed by atoms with van der Waals surface area (Å²) in [6, 6.07) is 3.72. The average Bonchev–Trinajstić information content (AvgIpc) is 2.38. The zero-order chi connectivity index (χ0) is 16.3. The predicted octanol–water partition coefficient (Wildman–Crippen LogP) is 1.92. The molecule has 0 aliphatic carbocycles. The summed E-state index contributed by atoms with van der Waals surface area (Å²) < 4.78 is 42.4. The minimum absolute atomic E-state index is 0.284. The number of benzene rings is 1. The monoisotopic (exact) mass is 305 g/mol. The maximum Gasteiger partial charge on any atom is 0.416 e. The quantitative estimate of drug-likeness (QED) is 0.871. The van der Waals surface area contributed by atoms with Gasteiger partial charge in [0.2, 0.25) is 0 Å². The van der Waals surface area contributed by atoms with E-state index >= 15 is 0 Å². The number of ether oxygens (including phenoxy) is 1. The zero-order valence-corrected chi connectivity index (χ0v) is 11.3. The molecule has 0 saturated carbocycles. The highest BCUT2D eigenvalue weighted by Crippen LogP contribution is 2.29. The van der Waals surface area contributed by atoms with Gasteiger partial charge < -0.3 is 15.2 Å². The molecular formula is C13H14F3NO4. The molecular weight excluding hydrogens is 291 g/mol. The number of carboxylic acids is 1. The summed E-state index contributed by atoms with van der Waals surface area (Å²) in [6.07, 6.45) is -4.58. The van der Waals surface area contributed by atoms with E-state index in [1.165, 1.54) is 20.1 Å². The number of rotatable bonds is 5. The Bertz CT molecular complexity index is 544. The third kappa shape index (κ3) is 4.19. The lowest BCUT2D eigenvalue weighted by Crippen LogP contribution is -2.55. The molecule has 1 rings (SSSR count). The Morgan fingerprint density at radius 2 is 1.95 bits per heavy atom. The first-order chi connectivity index (χ1) is 9.60. The molecule has 1 aromatic carbocycles. The van der Waals surface area contributed by atoms with Crippen molar-refractivity contribution in [1.82, 2.24) is 5.32 Å². The van der Waals surface area contributed by atoms with Crippen LogP contribution in [0.15, 0.2) is 24.3 Å². The van der Waals surface area contributed by atoms with Gasteiger partial charge in [0.05, 0.1) is 12.2 Å². The lowest BCUT2D eigenvalue weighted by molar-refractivity contribution is -0.146. The molecule has 0 aliphatic heterocycles. The number of aliphatic carboxylic acids is 1. The highest BCUT2D eigenvalue weighted by atomic mass is 19.4. The van der Waals surface area contributed by atoms with E-state index in [0.29, 0.717) is 6.07 Å². The van der Waals surface area contributed by atoms with Crippen molar-refractivity contribution >= 4 is 11.9 Å². The Balaban J connectivity index is 3.01. The Labute approximate surface area is 118 Å². The molecule has 0 radical (unpaired) electrons. The molecule has 21 heavy (non-hydrogen) atoms. The normalized spacial score (nSPS) is 14.3. The SMILES string of the molecule is COCC(C)(NC(=O)c1cccc(C(F)(F)F)c1)C(=O)O. The summed E-state index contributed by atoms with van der Waals surface area (Å²) in [5.74, 6) is -2.28. The van der Waals surface area contributed by atoms with E-state index in [1.54, 1.807) is 0 Å². The van der Waals surface area contributed by atoms with Gasteiger partial charge in [-0.25, -0.2) is 4.79 Å². The number of carboxylic acid groups (broad SMARTS) is 1. The van der Waals surface area contributed by atoms with Crippen LogP contribution in [0.3, 0.4) is 0 Å². The van der Waals surface area contributed by atoms with Crippen molar-refractivity contribution in [3.63, 3.8) is 0 Å². The molecule has 2 N–H and O–H groups in total. The third-order valence-corrected chi connectivity index (χ3v) is 2.75. The van der Waals surface area contributed by atoms with Crippen LogP contribution in [0.5, 0.6) is 0 Å². The van der Waals surface area contributed by atoms with Gasteiger partial charge in [-0.2, -0.15) is 13.2 Å². The van der Waals surface area contributed by atoms with E-state index < -0.39 is 29.2 Å². The van der Waals surface area contributed by atoms with Gasteiger partial charge in [-0.05, 0) is 25.1 Å². The van der Waals surface area contributed by atoms with Crippen molar-refractivity contribution in [3.8, 4) is 0 Å². The van der Waals surface area contributed by atoms with E-state index in [-0.39, 0.29) is 12.2 Å². The maximum absolute atomic E-state index is 12.6. The number of halogens is 3. The fourth-order valence-corrected chi connectivity index (χ4v) is 1.60. The summed E-state index contributed by atoms with van der Waals surface area (Å²) in [5.41, 5.74) is -3.01. The smallest absolute Gasteiger partial charge is 0.416 e. The Hall–Kier alpha value is -2.09. The molecule has 8 heteroatoms. The van der Waals surface area contributed by atoms with Crippen LogP contribution < -0.4 is 5.32 Å². The van der Waals surface area contributed by atoms with Crippen molar-refractivity contribution in [3.05, 3.63) is 35.4 Å². The Morgan fingerprint density at radius 3 is 2.43 bits per heavy atom. The van der Waals surface area contributed by atoms with Gasteiger partial charge in [0.1, 0.15) is 0 Å². The van der Waals surface area contributed by atoms with Crippen molar-refractivity contribution in [2.24, 2.45) is 0 Å². The van der Waals surface area contributed by atoms with Crippen LogP contribution in [-0.2, 0) is 15.7 Å². The fourth-order valence-electron chi connectivity index (χ4n) is 1.60. The lowest BCUT2D eigenvalue weighted by atomic mass is 10.0. The number of hydrogen-bond donors (Lipinski definition) is 2. The van der Waals surface area contributed by atoms with Crippen LogP contribution in [0, 0.1) is 0 Å². The van der Waals surface area contributed by atoms with Gasteiger partial charge in [-0.1, -0.05) is 6.07 Å². The minimum atomic E-state index is -4.58. The number of nitrogens with one attached hydrogen (secondary N) is 1. The third-order valence-electron chi connectivity index (χ3n) is 2.75. The number of alkyl halides is 3. The molecule has 0 spiro atoms. The van der Waals surface area contributed by atoms with Crippen LogP contribution in [0.1, 0.15) is 22.8 Å². The lowest BCUT2D eigenvalue weighted by Gasteiger charge is -2.25. The Morgan fingerprint density at radius 1 is 1.33 bits per heavy atom. The van der Waals surface area contributed by atoms with Gasteiger partial charge in [0, 0.05) is 12.7 Å². The van der Waals surface area contributed by atoms with Crippen LogP contribution in [0.25, 0.3) is 0 Å². The second-order valence-corrected chi connectivity index (χ2v) is 4.60. The number of methoxy groups -OCH3 is 1. The minimum Gasteiger partial charge on any atom is -0.479 e. The van der Waals surface area contributed by atoms with Gasteiger partial charge in [-0.15, -0.1) is 0 Å². The molecule has 0 bridgehead atoms. The molecule has 1 aromatic rings. The molecule has 1 amide bonds. The van der Waals surface area contributed by atoms with Crippen molar-refractivity contribution in [2.45, 2.75) is 18.6 Å². The Kier molecular flexibility index (Phi) is 4.95. The molecule has 5 nitrogen and oxygen atoms in total. The fraction of sp³-hybridized carbons (Fsp3) is 0.385. The van der Waals surface area contributed by atoms with Crippen LogP contribution in [-0.4, -0.2) is 36.2 Å². The largest absolute Gasteiger partial charge is 0.479 e. The molecule has 0 heterocycles. The highest BCUT2D eigenvalue weighted by Gasteiger charge is 2.36. The first kappa shape index (κ1) is 17.0. The second-order valence-electron chi connectivity index (χ2n) is 4.60. The van der Waals surface area contributed by atoms with Crippen molar-refractivity contribution in [1.29, 1.82) is 0 Å². The predicted molar refractivity (Wildman–Crippen MR) is 66.8 cm³/mol. The topological polar surface area (TPSA) is 75.6 Å². The molecule has 0 aliphatic rings. The molecule has 116 valence electrons. The molecule has 1 unspecified atom stereocenters. The van der Waals surface area contributed by atoms with Gasteiger partial charge in [0.25, 0.3) is 5.91 Å². The standard InChI is InChI=1S/C13H14F3NO4/c1-12(7-21-2,11(19)20)17-10(18)8-4-3-5-9(6-8)13(14,15)16/h3-6H,7H2,1-2H3,(H,17,18)(H,19,20). The van der Waals surface area contributed by atoms with E-state index in [0.717, 1.165) is 12.1 Å². The van der Waals surface area contributed by atoms with Gasteiger partial charge in [0.15, 0.2) is 5.54 Å². The number of hydrogen-bond acceptors (Lipinski definition) is 3. The molecule has 1 atom stereocenters. The van der Waals surface area contributed by atoms with Gasteiger partial charge >= 0.3 is 12.1 Å². The van der Waals surface area contributed by atoms with E-state index in [9.17, 15) is 22.8 Å². The average molecular weight is 305 g/mol.